The SMILES string of the molecule is N#CCc1ccc(NCC(O)CSC2OC(CO)C(O)C(O)C2O)cc1. The molecule has 9 heteroatoms. The molecular weight excluding hydrogens is 360 g/mol. The monoisotopic (exact) mass is 384 g/mol. The summed E-state index contributed by atoms with van der Waals surface area (Å²) in [6, 6.07) is 9.39. The van der Waals surface area contributed by atoms with Crippen molar-refractivity contribution in [2.75, 3.05) is 24.2 Å². The zero-order valence-corrected chi connectivity index (χ0v) is 14.9. The fourth-order valence-corrected chi connectivity index (χ4v) is 3.65. The smallest absolute Gasteiger partial charge is 0.132 e. The van der Waals surface area contributed by atoms with E-state index in [1.807, 2.05) is 24.3 Å². The number of benzene rings is 1. The van der Waals surface area contributed by atoms with Crippen LogP contribution in [0.5, 0.6) is 0 Å². The highest BCUT2D eigenvalue weighted by Gasteiger charge is 2.43. The van der Waals surface area contributed by atoms with Crippen LogP contribution in [0.15, 0.2) is 24.3 Å². The third-order valence-electron chi connectivity index (χ3n) is 4.08. The molecule has 2 rings (SSSR count). The molecule has 1 aliphatic heterocycles. The molecule has 1 aromatic rings. The Hall–Kier alpha value is -1.38. The second-order valence-electron chi connectivity index (χ2n) is 6.10. The molecule has 0 spiro atoms. The summed E-state index contributed by atoms with van der Waals surface area (Å²) < 4.78 is 5.37. The molecule has 26 heavy (non-hydrogen) atoms. The lowest BCUT2D eigenvalue weighted by Crippen LogP contribution is -2.57. The summed E-state index contributed by atoms with van der Waals surface area (Å²) in [6.07, 6.45) is -5.47. The summed E-state index contributed by atoms with van der Waals surface area (Å²) in [5.41, 5.74) is 0.866. The van der Waals surface area contributed by atoms with E-state index in [1.165, 1.54) is 0 Å². The van der Waals surface area contributed by atoms with E-state index in [-0.39, 0.29) is 12.3 Å². The van der Waals surface area contributed by atoms with Gasteiger partial charge in [-0.1, -0.05) is 12.1 Å². The van der Waals surface area contributed by atoms with Gasteiger partial charge in [0.1, 0.15) is 29.9 Å². The number of aliphatic hydroxyl groups is 5. The van der Waals surface area contributed by atoms with Crippen LogP contribution >= 0.6 is 11.8 Å². The molecule has 6 atom stereocenters. The van der Waals surface area contributed by atoms with E-state index in [9.17, 15) is 20.4 Å². The highest BCUT2D eigenvalue weighted by molar-refractivity contribution is 7.99. The third-order valence-corrected chi connectivity index (χ3v) is 5.38. The summed E-state index contributed by atoms with van der Waals surface area (Å²) in [5.74, 6) is 0.224. The van der Waals surface area contributed by atoms with Crippen molar-refractivity contribution < 1.29 is 30.3 Å². The number of ether oxygens (including phenoxy) is 1. The zero-order chi connectivity index (χ0) is 19.1. The summed E-state index contributed by atoms with van der Waals surface area (Å²) in [6.45, 7) is -0.212. The van der Waals surface area contributed by atoms with Crippen molar-refractivity contribution >= 4 is 17.4 Å². The van der Waals surface area contributed by atoms with Crippen LogP contribution in [-0.2, 0) is 11.2 Å². The number of nitrogens with one attached hydrogen (secondary N) is 1. The average Bonchev–Trinajstić information content (AvgIpc) is 2.65. The predicted octanol–water partition coefficient (Wildman–Crippen LogP) is -0.941. The first-order valence-electron chi connectivity index (χ1n) is 8.26. The number of anilines is 1. The average molecular weight is 384 g/mol. The summed E-state index contributed by atoms with van der Waals surface area (Å²) in [7, 11) is 0. The van der Waals surface area contributed by atoms with Gasteiger partial charge in [-0.15, -0.1) is 11.8 Å². The lowest BCUT2D eigenvalue weighted by molar-refractivity contribution is -0.205. The molecule has 1 saturated heterocycles. The molecule has 6 unspecified atom stereocenters. The Kier molecular flexibility index (Phi) is 8.12. The van der Waals surface area contributed by atoms with Crippen LogP contribution in [0.4, 0.5) is 5.69 Å². The van der Waals surface area contributed by atoms with Gasteiger partial charge in [0.15, 0.2) is 0 Å². The van der Waals surface area contributed by atoms with E-state index in [0.29, 0.717) is 6.42 Å². The number of nitriles is 1. The minimum Gasteiger partial charge on any atom is -0.394 e. The summed E-state index contributed by atoms with van der Waals surface area (Å²) >= 11 is 1.10. The van der Waals surface area contributed by atoms with Crippen molar-refractivity contribution in [3.8, 4) is 6.07 Å². The van der Waals surface area contributed by atoms with Gasteiger partial charge in [-0.25, -0.2) is 0 Å². The van der Waals surface area contributed by atoms with Crippen LogP contribution in [0.1, 0.15) is 5.56 Å². The van der Waals surface area contributed by atoms with E-state index in [4.69, 9.17) is 15.1 Å². The second-order valence-corrected chi connectivity index (χ2v) is 7.23. The maximum atomic E-state index is 10.1. The Morgan fingerprint density at radius 1 is 1.15 bits per heavy atom. The standard InChI is InChI=1S/C17H24N2O6S/c18-6-5-10-1-3-11(4-2-10)19-7-12(21)9-26-17-16(24)15(23)14(22)13(8-20)25-17/h1-4,12-17,19-24H,5,7-9H2. The van der Waals surface area contributed by atoms with E-state index in [2.05, 4.69) is 11.4 Å². The van der Waals surface area contributed by atoms with Gasteiger partial charge in [-0.05, 0) is 17.7 Å². The molecule has 6 N–H and O–H groups in total. The first-order valence-corrected chi connectivity index (χ1v) is 9.31. The van der Waals surface area contributed by atoms with E-state index < -0.39 is 42.6 Å². The molecule has 0 amide bonds. The molecule has 1 fully saturated rings. The maximum absolute atomic E-state index is 10.1. The fourth-order valence-electron chi connectivity index (χ4n) is 2.54. The van der Waals surface area contributed by atoms with Gasteiger partial charge in [0, 0.05) is 18.0 Å². The Bertz CT molecular complexity index is 594. The van der Waals surface area contributed by atoms with Crippen molar-refractivity contribution in [2.24, 2.45) is 0 Å². The predicted molar refractivity (Wildman–Crippen MR) is 96.5 cm³/mol. The Morgan fingerprint density at radius 2 is 1.85 bits per heavy atom. The number of nitrogens with zero attached hydrogens (tertiary/aromatic N) is 1. The van der Waals surface area contributed by atoms with Crippen molar-refractivity contribution in [3.63, 3.8) is 0 Å². The van der Waals surface area contributed by atoms with Gasteiger partial charge in [0.25, 0.3) is 0 Å². The second kappa shape index (κ2) is 10.1. The van der Waals surface area contributed by atoms with Crippen LogP contribution in [0.2, 0.25) is 0 Å². The van der Waals surface area contributed by atoms with Crippen molar-refractivity contribution in [1.82, 2.24) is 0 Å². The summed E-state index contributed by atoms with van der Waals surface area (Å²) in [4.78, 5) is 0. The van der Waals surface area contributed by atoms with Gasteiger partial charge in [0.2, 0.25) is 0 Å². The molecule has 8 nitrogen and oxygen atoms in total. The van der Waals surface area contributed by atoms with Gasteiger partial charge < -0.3 is 35.6 Å². The third kappa shape index (κ3) is 5.56. The van der Waals surface area contributed by atoms with E-state index >= 15 is 0 Å². The van der Waals surface area contributed by atoms with E-state index in [0.717, 1.165) is 23.0 Å². The van der Waals surface area contributed by atoms with Gasteiger partial charge in [-0.2, -0.15) is 5.26 Å². The first kappa shape index (κ1) is 20.9. The molecule has 0 aromatic heterocycles. The van der Waals surface area contributed by atoms with Crippen LogP contribution in [0.25, 0.3) is 0 Å². The molecule has 1 heterocycles. The van der Waals surface area contributed by atoms with Gasteiger partial charge in [0.05, 0.1) is 25.2 Å². The Labute approximate surface area is 156 Å². The zero-order valence-electron chi connectivity index (χ0n) is 14.1. The molecule has 0 aliphatic carbocycles. The highest BCUT2D eigenvalue weighted by atomic mass is 32.2. The minimum atomic E-state index is -1.42. The van der Waals surface area contributed by atoms with Gasteiger partial charge >= 0.3 is 0 Å². The molecular formula is C17H24N2O6S. The number of hydrogen-bond donors (Lipinski definition) is 6. The van der Waals surface area contributed by atoms with Crippen LogP contribution in [0, 0.1) is 11.3 Å². The Balaban J connectivity index is 1.77. The molecule has 0 saturated carbocycles. The lowest BCUT2D eigenvalue weighted by atomic mass is 10.0. The van der Waals surface area contributed by atoms with Crippen LogP contribution in [0.3, 0.4) is 0 Å². The molecule has 0 radical (unpaired) electrons. The molecule has 1 aliphatic rings. The topological polar surface area (TPSA) is 146 Å². The Morgan fingerprint density at radius 3 is 2.46 bits per heavy atom. The first-order chi connectivity index (χ1) is 12.5. The van der Waals surface area contributed by atoms with E-state index in [1.54, 1.807) is 0 Å². The van der Waals surface area contributed by atoms with Crippen molar-refractivity contribution in [3.05, 3.63) is 29.8 Å². The number of hydrogen-bond acceptors (Lipinski definition) is 9. The molecule has 144 valence electrons. The highest BCUT2D eigenvalue weighted by Crippen LogP contribution is 2.28. The van der Waals surface area contributed by atoms with Crippen LogP contribution in [-0.4, -0.2) is 80.4 Å². The van der Waals surface area contributed by atoms with Gasteiger partial charge in [-0.3, -0.25) is 0 Å². The minimum absolute atomic E-state index is 0.224. The number of thioether (sulfide) groups is 1. The molecule has 1 aromatic carbocycles. The van der Waals surface area contributed by atoms with Crippen molar-refractivity contribution in [2.45, 2.75) is 42.4 Å². The number of rotatable bonds is 8. The molecule has 0 bridgehead atoms. The normalized spacial score (nSPS) is 29.8. The lowest BCUT2D eigenvalue weighted by Gasteiger charge is -2.39. The number of aliphatic hydroxyl groups excluding tert-OH is 5. The maximum Gasteiger partial charge on any atom is 0.132 e. The fraction of sp³-hybridized carbons (Fsp3) is 0.588. The quantitative estimate of drug-likeness (QED) is 0.334. The largest absolute Gasteiger partial charge is 0.394 e. The summed E-state index contributed by atoms with van der Waals surface area (Å²) in [5, 5.41) is 60.4. The van der Waals surface area contributed by atoms with Crippen molar-refractivity contribution in [1.29, 1.82) is 5.26 Å². The van der Waals surface area contributed by atoms with Crippen LogP contribution < -0.4 is 5.32 Å².